The van der Waals surface area contributed by atoms with Gasteiger partial charge in [0, 0.05) is 0 Å². The van der Waals surface area contributed by atoms with Gasteiger partial charge in [0.2, 0.25) is 10.0 Å². The second kappa shape index (κ2) is 7.18. The van der Waals surface area contributed by atoms with Crippen LogP contribution in [0.1, 0.15) is 13.8 Å². The minimum atomic E-state index is -4.50. The molecule has 1 rings (SSSR count). The van der Waals surface area contributed by atoms with Gasteiger partial charge < -0.3 is 9.84 Å². The number of sulfonamides is 1. The van der Waals surface area contributed by atoms with Gasteiger partial charge in [-0.3, -0.25) is 4.79 Å². The van der Waals surface area contributed by atoms with Crippen LogP contribution in [0.15, 0.2) is 29.2 Å². The van der Waals surface area contributed by atoms with E-state index >= 15 is 0 Å². The lowest BCUT2D eigenvalue weighted by molar-refractivity contribution is -0.153. The molecule has 0 aromatic heterocycles. The average molecular weight is 355 g/mol. The number of halogens is 3. The molecule has 10 heteroatoms. The summed E-state index contributed by atoms with van der Waals surface area (Å²) >= 11 is 0. The van der Waals surface area contributed by atoms with Crippen molar-refractivity contribution in [2.24, 2.45) is 5.92 Å². The molecule has 0 unspecified atom stereocenters. The highest BCUT2D eigenvalue weighted by Crippen LogP contribution is 2.20. The molecule has 0 aliphatic rings. The molecule has 1 aromatic carbocycles. The maximum atomic E-state index is 12.1. The van der Waals surface area contributed by atoms with E-state index in [2.05, 4.69) is 4.74 Å². The van der Waals surface area contributed by atoms with E-state index in [-0.39, 0.29) is 10.6 Å². The van der Waals surface area contributed by atoms with Crippen LogP contribution >= 0.6 is 0 Å². The Labute approximate surface area is 131 Å². The summed E-state index contributed by atoms with van der Waals surface area (Å²) in [6.45, 7) is 1.58. The second-order valence-corrected chi connectivity index (χ2v) is 6.77. The minimum Gasteiger partial charge on any atom is -0.484 e. The van der Waals surface area contributed by atoms with Crippen molar-refractivity contribution in [3.63, 3.8) is 0 Å². The first-order valence-electron chi connectivity index (χ1n) is 6.47. The molecule has 0 heterocycles. The van der Waals surface area contributed by atoms with Crippen LogP contribution in [-0.4, -0.2) is 38.3 Å². The number of carboxylic acid groups (broad SMARTS) is 1. The summed E-state index contributed by atoms with van der Waals surface area (Å²) in [4.78, 5) is 10.8. The first-order chi connectivity index (χ1) is 10.4. The van der Waals surface area contributed by atoms with Crippen molar-refractivity contribution >= 4 is 16.0 Å². The van der Waals surface area contributed by atoms with E-state index in [9.17, 15) is 26.4 Å². The van der Waals surface area contributed by atoms with Crippen molar-refractivity contribution in [3.8, 4) is 5.75 Å². The lowest BCUT2D eigenvalue weighted by atomic mass is 10.1. The fourth-order valence-corrected chi connectivity index (χ4v) is 2.92. The number of hydrogen-bond donors (Lipinski definition) is 2. The topological polar surface area (TPSA) is 92.7 Å². The Kier molecular flexibility index (Phi) is 6.00. The van der Waals surface area contributed by atoms with Crippen LogP contribution in [0.5, 0.6) is 5.75 Å². The Morgan fingerprint density at radius 3 is 2.17 bits per heavy atom. The number of benzene rings is 1. The molecule has 1 atom stereocenters. The molecule has 130 valence electrons. The minimum absolute atomic E-state index is 0.153. The largest absolute Gasteiger partial charge is 0.484 e. The molecule has 0 spiro atoms. The maximum Gasteiger partial charge on any atom is 0.422 e. The standard InChI is InChI=1S/C13H16F3NO5S/c1-8(2)11(12(18)19)17-23(20,21)10-5-3-9(4-6-10)22-7-13(14,15)16/h3-6,8,11,17H,7H2,1-2H3,(H,18,19)/t11-/m0/s1. The molecule has 2 N–H and O–H groups in total. The Morgan fingerprint density at radius 1 is 1.26 bits per heavy atom. The lowest BCUT2D eigenvalue weighted by Crippen LogP contribution is -2.44. The van der Waals surface area contributed by atoms with Gasteiger partial charge in [0.05, 0.1) is 4.90 Å². The molecule has 0 amide bonds. The number of hydrogen-bond acceptors (Lipinski definition) is 4. The van der Waals surface area contributed by atoms with Crippen LogP contribution in [-0.2, 0) is 14.8 Å². The van der Waals surface area contributed by atoms with E-state index in [4.69, 9.17) is 5.11 Å². The Hall–Kier alpha value is -1.81. The smallest absolute Gasteiger partial charge is 0.422 e. The first-order valence-corrected chi connectivity index (χ1v) is 7.95. The molecule has 23 heavy (non-hydrogen) atoms. The monoisotopic (exact) mass is 355 g/mol. The molecule has 0 radical (unpaired) electrons. The fourth-order valence-electron chi connectivity index (χ4n) is 1.59. The van der Waals surface area contributed by atoms with Crippen LogP contribution in [0.3, 0.4) is 0 Å². The number of carboxylic acids is 1. The summed E-state index contributed by atoms with van der Waals surface area (Å²) in [6, 6.07) is 2.87. The van der Waals surface area contributed by atoms with Crippen molar-refractivity contribution < 1.29 is 36.2 Å². The van der Waals surface area contributed by atoms with Crippen molar-refractivity contribution in [3.05, 3.63) is 24.3 Å². The predicted octanol–water partition coefficient (Wildman–Crippen LogP) is 2.02. The molecule has 0 fully saturated rings. The second-order valence-electron chi connectivity index (χ2n) is 5.06. The quantitative estimate of drug-likeness (QED) is 0.781. The Balaban J connectivity index is 2.87. The molecule has 1 aromatic rings. The normalized spacial score (nSPS) is 13.8. The summed E-state index contributed by atoms with van der Waals surface area (Å²) < 4.78 is 66.7. The molecule has 0 aliphatic carbocycles. The third-order valence-corrected chi connectivity index (χ3v) is 4.21. The summed E-state index contributed by atoms with van der Waals surface area (Å²) in [5, 5.41) is 8.99. The first kappa shape index (κ1) is 19.2. The van der Waals surface area contributed by atoms with E-state index in [1.54, 1.807) is 0 Å². The van der Waals surface area contributed by atoms with Crippen LogP contribution in [0.2, 0.25) is 0 Å². The van der Waals surface area contributed by atoms with Gasteiger partial charge in [-0.05, 0) is 30.2 Å². The van der Waals surface area contributed by atoms with Crippen molar-refractivity contribution in [2.45, 2.75) is 31.0 Å². The number of nitrogens with one attached hydrogen (secondary N) is 1. The summed E-state index contributed by atoms with van der Waals surface area (Å²) in [7, 11) is -4.12. The lowest BCUT2D eigenvalue weighted by Gasteiger charge is -2.18. The van der Waals surface area contributed by atoms with E-state index < -0.39 is 40.7 Å². The van der Waals surface area contributed by atoms with E-state index in [1.165, 1.54) is 13.8 Å². The summed E-state index contributed by atoms with van der Waals surface area (Å²) in [6.07, 6.45) is -4.50. The van der Waals surface area contributed by atoms with Gasteiger partial charge in [-0.2, -0.15) is 17.9 Å². The summed E-state index contributed by atoms with van der Waals surface area (Å²) in [5.74, 6) is -1.97. The highest BCUT2D eigenvalue weighted by atomic mass is 32.2. The third-order valence-electron chi connectivity index (χ3n) is 2.75. The molecule has 0 bridgehead atoms. The van der Waals surface area contributed by atoms with Gasteiger partial charge >= 0.3 is 12.1 Å². The maximum absolute atomic E-state index is 12.1. The Bertz CT molecular complexity index is 641. The van der Waals surface area contributed by atoms with Crippen molar-refractivity contribution in [1.82, 2.24) is 4.72 Å². The molecule has 0 aliphatic heterocycles. The van der Waals surface area contributed by atoms with Gasteiger partial charge in [0.1, 0.15) is 11.8 Å². The Morgan fingerprint density at radius 2 is 1.78 bits per heavy atom. The van der Waals surface area contributed by atoms with Crippen LogP contribution in [0, 0.1) is 5.92 Å². The zero-order valence-electron chi connectivity index (χ0n) is 12.3. The fraction of sp³-hybridized carbons (Fsp3) is 0.462. The van der Waals surface area contributed by atoms with Gasteiger partial charge in [-0.1, -0.05) is 13.8 Å². The molecule has 0 saturated heterocycles. The third kappa shape index (κ3) is 6.06. The number of aliphatic carboxylic acids is 1. The van der Waals surface area contributed by atoms with E-state index in [0.29, 0.717) is 0 Å². The number of alkyl halides is 3. The van der Waals surface area contributed by atoms with Crippen LogP contribution in [0.4, 0.5) is 13.2 Å². The van der Waals surface area contributed by atoms with E-state index in [0.717, 1.165) is 24.3 Å². The van der Waals surface area contributed by atoms with Crippen LogP contribution in [0.25, 0.3) is 0 Å². The SMILES string of the molecule is CC(C)[C@H](NS(=O)(=O)c1ccc(OCC(F)(F)F)cc1)C(=O)O. The molecular weight excluding hydrogens is 339 g/mol. The number of ether oxygens (including phenoxy) is 1. The predicted molar refractivity (Wildman–Crippen MR) is 74.6 cm³/mol. The summed E-state index contributed by atoms with van der Waals surface area (Å²) in [5.41, 5.74) is 0. The zero-order valence-corrected chi connectivity index (χ0v) is 13.1. The van der Waals surface area contributed by atoms with Crippen LogP contribution < -0.4 is 9.46 Å². The molecule has 6 nitrogen and oxygen atoms in total. The highest BCUT2D eigenvalue weighted by Gasteiger charge is 2.29. The molecule has 0 saturated carbocycles. The van der Waals surface area contributed by atoms with E-state index in [1.807, 2.05) is 4.72 Å². The highest BCUT2D eigenvalue weighted by molar-refractivity contribution is 7.89. The number of carbonyl (C=O) groups is 1. The van der Waals surface area contributed by atoms with Crippen molar-refractivity contribution in [2.75, 3.05) is 6.61 Å². The van der Waals surface area contributed by atoms with Gasteiger partial charge in [0.25, 0.3) is 0 Å². The number of rotatable bonds is 7. The van der Waals surface area contributed by atoms with Gasteiger partial charge in [-0.15, -0.1) is 0 Å². The zero-order chi connectivity index (χ0) is 17.8. The molecular formula is C13H16F3NO5S. The van der Waals surface area contributed by atoms with Gasteiger partial charge in [0.15, 0.2) is 6.61 Å². The average Bonchev–Trinajstić information content (AvgIpc) is 2.42. The van der Waals surface area contributed by atoms with Crippen molar-refractivity contribution in [1.29, 1.82) is 0 Å². The van der Waals surface area contributed by atoms with Gasteiger partial charge in [-0.25, -0.2) is 8.42 Å².